The summed E-state index contributed by atoms with van der Waals surface area (Å²) in [6.07, 6.45) is 5.66. The SMILES string of the molecule is CC1CCC(O)(CNc2ccc3ncccc3c2N)CC1. The number of nitrogens with one attached hydrogen (secondary N) is 1. The number of hydrogen-bond donors (Lipinski definition) is 3. The van der Waals surface area contributed by atoms with Gasteiger partial charge in [-0.25, -0.2) is 0 Å². The van der Waals surface area contributed by atoms with Crippen molar-refractivity contribution in [3.63, 3.8) is 0 Å². The maximum Gasteiger partial charge on any atom is 0.0819 e. The monoisotopic (exact) mass is 285 g/mol. The number of nitrogens with two attached hydrogens (primary N) is 1. The Morgan fingerprint density at radius 3 is 2.86 bits per heavy atom. The minimum atomic E-state index is -0.608. The second-order valence-electron chi connectivity index (χ2n) is 6.36. The lowest BCUT2D eigenvalue weighted by molar-refractivity contribution is 0.00503. The minimum Gasteiger partial charge on any atom is -0.397 e. The number of nitrogens with zero attached hydrogens (tertiary/aromatic N) is 1. The molecule has 1 aliphatic rings. The van der Waals surface area contributed by atoms with E-state index in [1.54, 1.807) is 6.20 Å². The Morgan fingerprint density at radius 2 is 2.10 bits per heavy atom. The first-order chi connectivity index (χ1) is 10.1. The van der Waals surface area contributed by atoms with E-state index in [9.17, 15) is 5.11 Å². The Hall–Kier alpha value is -1.81. The van der Waals surface area contributed by atoms with Gasteiger partial charge in [-0.2, -0.15) is 0 Å². The Morgan fingerprint density at radius 1 is 1.33 bits per heavy atom. The molecule has 4 nitrogen and oxygen atoms in total. The molecule has 1 aromatic heterocycles. The summed E-state index contributed by atoms with van der Waals surface area (Å²) in [6.45, 7) is 2.80. The number of anilines is 2. The summed E-state index contributed by atoms with van der Waals surface area (Å²) >= 11 is 0. The minimum absolute atomic E-state index is 0.551. The van der Waals surface area contributed by atoms with Crippen molar-refractivity contribution < 1.29 is 5.11 Å². The predicted molar refractivity (Wildman–Crippen MR) is 87.2 cm³/mol. The summed E-state index contributed by atoms with van der Waals surface area (Å²) in [5, 5.41) is 14.9. The van der Waals surface area contributed by atoms with Crippen LogP contribution in [0.3, 0.4) is 0 Å². The molecule has 0 saturated heterocycles. The Kier molecular flexibility index (Phi) is 3.72. The van der Waals surface area contributed by atoms with Crippen LogP contribution >= 0.6 is 0 Å². The molecule has 0 aliphatic heterocycles. The highest BCUT2D eigenvalue weighted by molar-refractivity contribution is 5.96. The van der Waals surface area contributed by atoms with Crippen LogP contribution in [0, 0.1) is 5.92 Å². The maximum absolute atomic E-state index is 10.6. The molecule has 4 heteroatoms. The molecule has 0 radical (unpaired) electrons. The first kappa shape index (κ1) is 14.1. The van der Waals surface area contributed by atoms with Gasteiger partial charge >= 0.3 is 0 Å². The number of fused-ring (bicyclic) bond motifs is 1. The summed E-state index contributed by atoms with van der Waals surface area (Å²) < 4.78 is 0. The first-order valence-corrected chi connectivity index (χ1v) is 7.67. The molecule has 21 heavy (non-hydrogen) atoms. The molecule has 112 valence electrons. The lowest BCUT2D eigenvalue weighted by atomic mass is 9.79. The van der Waals surface area contributed by atoms with Gasteiger partial charge in [0.1, 0.15) is 0 Å². The van der Waals surface area contributed by atoms with Gasteiger partial charge < -0.3 is 16.2 Å². The van der Waals surface area contributed by atoms with Crippen molar-refractivity contribution in [3.8, 4) is 0 Å². The summed E-state index contributed by atoms with van der Waals surface area (Å²) in [5.74, 6) is 0.724. The first-order valence-electron chi connectivity index (χ1n) is 7.67. The highest BCUT2D eigenvalue weighted by Gasteiger charge is 2.31. The molecule has 2 aromatic rings. The lowest BCUT2D eigenvalue weighted by Crippen LogP contribution is -2.40. The van der Waals surface area contributed by atoms with Crippen molar-refractivity contribution in [1.82, 2.24) is 4.98 Å². The van der Waals surface area contributed by atoms with Crippen LogP contribution in [0.25, 0.3) is 10.9 Å². The Labute approximate surface area is 125 Å². The number of hydrogen-bond acceptors (Lipinski definition) is 4. The molecule has 0 unspecified atom stereocenters. The second kappa shape index (κ2) is 5.53. The molecule has 3 rings (SSSR count). The largest absolute Gasteiger partial charge is 0.397 e. The number of rotatable bonds is 3. The molecule has 1 aliphatic carbocycles. The van der Waals surface area contributed by atoms with E-state index in [4.69, 9.17) is 5.73 Å². The van der Waals surface area contributed by atoms with Gasteiger partial charge in [0.2, 0.25) is 0 Å². The van der Waals surface area contributed by atoms with Crippen LogP contribution in [0.1, 0.15) is 32.6 Å². The number of pyridine rings is 1. The van der Waals surface area contributed by atoms with Crippen LogP contribution in [-0.4, -0.2) is 22.2 Å². The van der Waals surface area contributed by atoms with E-state index in [1.807, 2.05) is 24.3 Å². The van der Waals surface area contributed by atoms with E-state index in [2.05, 4.69) is 17.2 Å². The van der Waals surface area contributed by atoms with Crippen molar-refractivity contribution in [2.24, 2.45) is 5.92 Å². The van der Waals surface area contributed by atoms with Crippen molar-refractivity contribution in [2.75, 3.05) is 17.6 Å². The van der Waals surface area contributed by atoms with E-state index in [0.717, 1.165) is 48.2 Å². The average Bonchev–Trinajstić information content (AvgIpc) is 2.50. The summed E-state index contributed by atoms with van der Waals surface area (Å²) in [4.78, 5) is 4.30. The highest BCUT2D eigenvalue weighted by Crippen LogP contribution is 2.33. The van der Waals surface area contributed by atoms with Crippen molar-refractivity contribution >= 4 is 22.3 Å². The lowest BCUT2D eigenvalue weighted by Gasteiger charge is -2.35. The zero-order valence-electron chi connectivity index (χ0n) is 12.5. The molecule has 1 aromatic carbocycles. The van der Waals surface area contributed by atoms with Gasteiger partial charge in [-0.3, -0.25) is 4.98 Å². The Bertz CT molecular complexity index is 633. The van der Waals surface area contributed by atoms with Gasteiger partial charge in [0.25, 0.3) is 0 Å². The number of aromatic nitrogens is 1. The smallest absolute Gasteiger partial charge is 0.0819 e. The summed E-state index contributed by atoms with van der Waals surface area (Å²) in [7, 11) is 0. The summed E-state index contributed by atoms with van der Waals surface area (Å²) in [5.41, 5.74) is 8.08. The standard InChI is InChI=1S/C17H23N3O/c1-12-6-8-17(21,9-7-12)11-20-15-5-4-14-13(16(15)18)3-2-10-19-14/h2-5,10,12,20-21H,6-9,11,18H2,1H3. The zero-order valence-corrected chi connectivity index (χ0v) is 12.5. The molecule has 0 amide bonds. The third-order valence-electron chi connectivity index (χ3n) is 4.64. The maximum atomic E-state index is 10.6. The van der Waals surface area contributed by atoms with Gasteiger partial charge in [-0.15, -0.1) is 0 Å². The normalized spacial score (nSPS) is 25.9. The van der Waals surface area contributed by atoms with Gasteiger partial charge in [0.05, 0.1) is 22.5 Å². The number of nitrogen functional groups attached to an aromatic ring is 1. The fraction of sp³-hybridized carbons (Fsp3) is 0.471. The van der Waals surface area contributed by atoms with Gasteiger partial charge in [-0.05, 0) is 55.9 Å². The van der Waals surface area contributed by atoms with E-state index in [1.165, 1.54) is 0 Å². The van der Waals surface area contributed by atoms with Gasteiger partial charge in [0.15, 0.2) is 0 Å². The fourth-order valence-electron chi connectivity index (χ4n) is 3.07. The number of aliphatic hydroxyl groups is 1. The van der Waals surface area contributed by atoms with Crippen molar-refractivity contribution in [3.05, 3.63) is 30.5 Å². The van der Waals surface area contributed by atoms with Crippen molar-refractivity contribution in [2.45, 2.75) is 38.2 Å². The molecule has 1 heterocycles. The van der Waals surface area contributed by atoms with E-state index < -0.39 is 5.60 Å². The fourth-order valence-corrected chi connectivity index (χ4v) is 3.07. The van der Waals surface area contributed by atoms with Crippen molar-refractivity contribution in [1.29, 1.82) is 0 Å². The molecule has 4 N–H and O–H groups in total. The van der Waals surface area contributed by atoms with Crippen LogP contribution in [-0.2, 0) is 0 Å². The average molecular weight is 285 g/mol. The molecular weight excluding hydrogens is 262 g/mol. The quantitative estimate of drug-likeness (QED) is 0.757. The van der Waals surface area contributed by atoms with E-state index >= 15 is 0 Å². The molecule has 1 saturated carbocycles. The predicted octanol–water partition coefficient (Wildman–Crippen LogP) is 3.17. The summed E-state index contributed by atoms with van der Waals surface area (Å²) in [6, 6.07) is 7.76. The van der Waals surface area contributed by atoms with Crippen LogP contribution in [0.5, 0.6) is 0 Å². The van der Waals surface area contributed by atoms with Gasteiger partial charge in [-0.1, -0.05) is 6.92 Å². The van der Waals surface area contributed by atoms with Crippen LogP contribution < -0.4 is 11.1 Å². The van der Waals surface area contributed by atoms with E-state index in [-0.39, 0.29) is 0 Å². The van der Waals surface area contributed by atoms with Crippen LogP contribution in [0.4, 0.5) is 11.4 Å². The van der Waals surface area contributed by atoms with Crippen LogP contribution in [0.15, 0.2) is 30.5 Å². The third kappa shape index (κ3) is 2.95. The second-order valence-corrected chi connectivity index (χ2v) is 6.36. The van der Waals surface area contributed by atoms with Crippen LogP contribution in [0.2, 0.25) is 0 Å². The number of benzene rings is 1. The van der Waals surface area contributed by atoms with E-state index in [0.29, 0.717) is 12.2 Å². The zero-order chi connectivity index (χ0) is 14.9. The molecular formula is C17H23N3O. The molecule has 0 atom stereocenters. The van der Waals surface area contributed by atoms with Gasteiger partial charge in [0, 0.05) is 18.1 Å². The Balaban J connectivity index is 1.75. The topological polar surface area (TPSA) is 71.2 Å². The molecule has 1 fully saturated rings. The third-order valence-corrected chi connectivity index (χ3v) is 4.64. The molecule has 0 spiro atoms. The molecule has 0 bridgehead atoms. The highest BCUT2D eigenvalue weighted by atomic mass is 16.3.